The minimum atomic E-state index is 0.149. The van der Waals surface area contributed by atoms with Crippen molar-refractivity contribution >= 4 is 5.91 Å². The first-order chi connectivity index (χ1) is 12.6. The molecular formula is C23H28N2O. The maximum atomic E-state index is 13.0. The molecule has 0 aromatic heterocycles. The van der Waals surface area contributed by atoms with Crippen LogP contribution in [0.2, 0.25) is 0 Å². The summed E-state index contributed by atoms with van der Waals surface area (Å²) in [5, 5.41) is 0. The number of amides is 1. The first-order valence-electron chi connectivity index (χ1n) is 9.84. The molecule has 3 unspecified atom stereocenters. The Kier molecular flexibility index (Phi) is 4.82. The molecule has 3 atom stereocenters. The summed E-state index contributed by atoms with van der Waals surface area (Å²) < 4.78 is 0. The van der Waals surface area contributed by atoms with Crippen LogP contribution in [0.5, 0.6) is 0 Å². The van der Waals surface area contributed by atoms with E-state index < -0.39 is 0 Å². The summed E-state index contributed by atoms with van der Waals surface area (Å²) in [6, 6.07) is 17.5. The molecule has 26 heavy (non-hydrogen) atoms. The highest BCUT2D eigenvalue weighted by atomic mass is 16.2. The average molecular weight is 348 g/mol. The van der Waals surface area contributed by atoms with E-state index in [2.05, 4.69) is 60.4 Å². The Bertz CT molecular complexity index is 783. The molecule has 1 amide bonds. The minimum absolute atomic E-state index is 0.149. The number of benzene rings is 2. The van der Waals surface area contributed by atoms with E-state index in [1.54, 1.807) is 0 Å². The van der Waals surface area contributed by atoms with Crippen LogP contribution in [0.3, 0.4) is 0 Å². The largest absolute Gasteiger partial charge is 0.342 e. The highest BCUT2D eigenvalue weighted by Gasteiger charge is 2.46. The number of hydrogen-bond donors (Lipinski definition) is 1. The van der Waals surface area contributed by atoms with E-state index in [9.17, 15) is 4.79 Å². The third kappa shape index (κ3) is 3.54. The first kappa shape index (κ1) is 17.3. The van der Waals surface area contributed by atoms with Gasteiger partial charge in [-0.25, -0.2) is 0 Å². The van der Waals surface area contributed by atoms with Gasteiger partial charge in [0, 0.05) is 25.0 Å². The fraction of sp³-hybridized carbons (Fsp3) is 0.435. The zero-order valence-corrected chi connectivity index (χ0v) is 15.5. The van der Waals surface area contributed by atoms with E-state index in [0.717, 1.165) is 38.8 Å². The van der Waals surface area contributed by atoms with Crippen molar-refractivity contribution in [2.75, 3.05) is 13.1 Å². The lowest BCUT2D eigenvalue weighted by molar-refractivity contribution is -0.132. The number of carbonyl (C=O) groups excluding carboxylic acids is 1. The van der Waals surface area contributed by atoms with Gasteiger partial charge in [0.2, 0.25) is 5.91 Å². The highest BCUT2D eigenvalue weighted by Crippen LogP contribution is 2.51. The summed E-state index contributed by atoms with van der Waals surface area (Å²) in [6.07, 6.45) is 3.98. The SMILES string of the molecule is Cc1ccc(-c2ccccc2C2CC2C(=O)N2CCCC(N)CC2)cc1. The van der Waals surface area contributed by atoms with Gasteiger partial charge in [-0.05, 0) is 55.2 Å². The Morgan fingerprint density at radius 3 is 2.62 bits per heavy atom. The number of hydrogen-bond acceptors (Lipinski definition) is 2. The quantitative estimate of drug-likeness (QED) is 0.907. The summed E-state index contributed by atoms with van der Waals surface area (Å²) in [7, 11) is 0. The highest BCUT2D eigenvalue weighted by molar-refractivity contribution is 5.84. The van der Waals surface area contributed by atoms with Crippen LogP contribution in [0.15, 0.2) is 48.5 Å². The van der Waals surface area contributed by atoms with E-state index in [0.29, 0.717) is 11.8 Å². The first-order valence-corrected chi connectivity index (χ1v) is 9.84. The number of aryl methyl sites for hydroxylation is 1. The number of nitrogens with two attached hydrogens (primary N) is 1. The third-order valence-corrected chi connectivity index (χ3v) is 5.91. The normalized spacial score (nSPS) is 25.6. The summed E-state index contributed by atoms with van der Waals surface area (Å²) in [5.41, 5.74) is 11.2. The molecule has 3 heteroatoms. The molecule has 0 spiro atoms. The van der Waals surface area contributed by atoms with E-state index in [1.807, 2.05) is 0 Å². The summed E-state index contributed by atoms with van der Waals surface area (Å²) in [4.78, 5) is 15.0. The molecule has 1 saturated carbocycles. The molecule has 3 nitrogen and oxygen atoms in total. The number of likely N-dealkylation sites (tertiary alicyclic amines) is 1. The van der Waals surface area contributed by atoms with Gasteiger partial charge in [0.05, 0.1) is 0 Å². The van der Waals surface area contributed by atoms with Crippen molar-refractivity contribution in [3.63, 3.8) is 0 Å². The van der Waals surface area contributed by atoms with Crippen molar-refractivity contribution in [1.82, 2.24) is 4.90 Å². The molecule has 2 aromatic carbocycles. The van der Waals surface area contributed by atoms with Crippen molar-refractivity contribution < 1.29 is 4.79 Å². The predicted octanol–water partition coefficient (Wildman–Crippen LogP) is 4.11. The Hall–Kier alpha value is -2.13. The third-order valence-electron chi connectivity index (χ3n) is 5.91. The summed E-state index contributed by atoms with van der Waals surface area (Å²) >= 11 is 0. The number of carbonyl (C=O) groups is 1. The van der Waals surface area contributed by atoms with Crippen LogP contribution in [0.1, 0.15) is 42.7 Å². The van der Waals surface area contributed by atoms with E-state index in [1.165, 1.54) is 22.3 Å². The molecule has 2 N–H and O–H groups in total. The van der Waals surface area contributed by atoms with Gasteiger partial charge in [0.1, 0.15) is 0 Å². The number of nitrogens with zero attached hydrogens (tertiary/aromatic N) is 1. The van der Waals surface area contributed by atoms with Crippen molar-refractivity contribution in [1.29, 1.82) is 0 Å². The molecule has 136 valence electrons. The molecule has 1 heterocycles. The average Bonchev–Trinajstić information content (AvgIpc) is 3.47. The summed E-state index contributed by atoms with van der Waals surface area (Å²) in [6.45, 7) is 3.80. The molecule has 1 aliphatic heterocycles. The van der Waals surface area contributed by atoms with Crippen LogP contribution in [0.4, 0.5) is 0 Å². The Balaban J connectivity index is 1.51. The molecule has 4 rings (SSSR count). The lowest BCUT2D eigenvalue weighted by Gasteiger charge is -2.21. The fourth-order valence-electron chi connectivity index (χ4n) is 4.21. The van der Waals surface area contributed by atoms with E-state index in [4.69, 9.17) is 5.73 Å². The molecule has 0 bridgehead atoms. The van der Waals surface area contributed by atoms with Gasteiger partial charge < -0.3 is 10.6 Å². The van der Waals surface area contributed by atoms with Crippen LogP contribution in [-0.2, 0) is 4.79 Å². The molecule has 2 aromatic rings. The Labute approximate surface area is 156 Å². The standard InChI is InChI=1S/C23H28N2O/c1-16-8-10-17(11-9-16)19-6-2-3-7-20(19)21-15-22(21)23(26)25-13-4-5-18(24)12-14-25/h2-3,6-11,18,21-22H,4-5,12-15,24H2,1H3. The zero-order chi connectivity index (χ0) is 18.1. The van der Waals surface area contributed by atoms with Crippen LogP contribution in [0, 0.1) is 12.8 Å². The van der Waals surface area contributed by atoms with Gasteiger partial charge in [-0.3, -0.25) is 4.79 Å². The maximum absolute atomic E-state index is 13.0. The Morgan fingerprint density at radius 1 is 1.04 bits per heavy atom. The summed E-state index contributed by atoms with van der Waals surface area (Å²) in [5.74, 6) is 0.843. The van der Waals surface area contributed by atoms with Gasteiger partial charge in [0.15, 0.2) is 0 Å². The maximum Gasteiger partial charge on any atom is 0.226 e. The second kappa shape index (κ2) is 7.24. The van der Waals surface area contributed by atoms with Crippen LogP contribution in [-0.4, -0.2) is 29.9 Å². The van der Waals surface area contributed by atoms with Gasteiger partial charge >= 0.3 is 0 Å². The van der Waals surface area contributed by atoms with Crippen molar-refractivity contribution in [2.24, 2.45) is 11.7 Å². The van der Waals surface area contributed by atoms with Crippen molar-refractivity contribution in [3.8, 4) is 11.1 Å². The van der Waals surface area contributed by atoms with E-state index in [-0.39, 0.29) is 12.0 Å². The van der Waals surface area contributed by atoms with Crippen LogP contribution in [0.25, 0.3) is 11.1 Å². The molecule has 0 radical (unpaired) electrons. The van der Waals surface area contributed by atoms with Crippen molar-refractivity contribution in [2.45, 2.75) is 44.6 Å². The van der Waals surface area contributed by atoms with Gasteiger partial charge in [0.25, 0.3) is 0 Å². The smallest absolute Gasteiger partial charge is 0.226 e. The monoisotopic (exact) mass is 348 g/mol. The van der Waals surface area contributed by atoms with Crippen LogP contribution >= 0.6 is 0 Å². The molecular weight excluding hydrogens is 320 g/mol. The van der Waals surface area contributed by atoms with Crippen LogP contribution < -0.4 is 5.73 Å². The van der Waals surface area contributed by atoms with Crippen molar-refractivity contribution in [3.05, 3.63) is 59.7 Å². The predicted molar refractivity (Wildman–Crippen MR) is 106 cm³/mol. The number of rotatable bonds is 3. The lowest BCUT2D eigenvalue weighted by atomic mass is 9.95. The fourth-order valence-corrected chi connectivity index (χ4v) is 4.21. The molecule has 1 saturated heterocycles. The second-order valence-corrected chi connectivity index (χ2v) is 7.92. The lowest BCUT2D eigenvalue weighted by Crippen LogP contribution is -2.34. The van der Waals surface area contributed by atoms with E-state index >= 15 is 0 Å². The molecule has 2 fully saturated rings. The zero-order valence-electron chi connectivity index (χ0n) is 15.5. The van der Waals surface area contributed by atoms with Gasteiger partial charge in [-0.15, -0.1) is 0 Å². The molecule has 2 aliphatic rings. The molecule has 1 aliphatic carbocycles. The van der Waals surface area contributed by atoms with Gasteiger partial charge in [-0.1, -0.05) is 54.1 Å². The minimum Gasteiger partial charge on any atom is -0.342 e. The van der Waals surface area contributed by atoms with Gasteiger partial charge in [-0.2, -0.15) is 0 Å². The Morgan fingerprint density at radius 2 is 1.81 bits per heavy atom. The second-order valence-electron chi connectivity index (χ2n) is 7.92. The topological polar surface area (TPSA) is 46.3 Å².